The maximum atomic E-state index is 2.79. The number of unbranched alkanes of at least 4 members (excludes halogenated alkanes) is 1. The van der Waals surface area contributed by atoms with Crippen molar-refractivity contribution >= 4 is 8.24 Å². The van der Waals surface area contributed by atoms with Gasteiger partial charge in [-0.1, -0.05) is 67.9 Å². The summed E-state index contributed by atoms with van der Waals surface area (Å²) in [6.07, 6.45) is 8.53. The minimum Gasteiger partial charge on any atom is -0.403 e. The first kappa shape index (κ1) is 18.8. The lowest BCUT2D eigenvalue weighted by molar-refractivity contribution is 0.482. The minimum absolute atomic E-state index is 0.797. The van der Waals surface area contributed by atoms with E-state index in [9.17, 15) is 0 Å². The SMILES string of the molecule is CCC=CN(CCCC)[Si](C(C)C)(C(C)C)C(C)C. The van der Waals surface area contributed by atoms with Gasteiger partial charge in [0.05, 0.1) is 0 Å². The van der Waals surface area contributed by atoms with E-state index in [1.165, 1.54) is 19.4 Å². The molecule has 0 N–H and O–H groups in total. The number of rotatable bonds is 9. The second-order valence-corrected chi connectivity index (χ2v) is 12.5. The molecule has 0 spiro atoms. The van der Waals surface area contributed by atoms with Gasteiger partial charge >= 0.3 is 0 Å². The van der Waals surface area contributed by atoms with Crippen molar-refractivity contribution in [3.63, 3.8) is 0 Å². The molecule has 0 aliphatic heterocycles. The third kappa shape index (κ3) is 4.37. The standard InChI is InChI=1S/C17H37NSi/c1-9-11-13-18(14-12-10-2)19(15(3)4,16(5)6)17(7)8/h11,13,15-17H,9-10,12,14H2,1-8H3. The fourth-order valence-electron chi connectivity index (χ4n) is 3.95. The second kappa shape index (κ2) is 8.83. The summed E-state index contributed by atoms with van der Waals surface area (Å²) in [6.45, 7) is 20.5. The molecule has 2 heteroatoms. The molecule has 0 aromatic carbocycles. The van der Waals surface area contributed by atoms with Crippen molar-refractivity contribution in [3.8, 4) is 0 Å². The van der Waals surface area contributed by atoms with E-state index < -0.39 is 8.24 Å². The van der Waals surface area contributed by atoms with Crippen LogP contribution in [0.25, 0.3) is 0 Å². The lowest BCUT2D eigenvalue weighted by Gasteiger charge is -2.51. The van der Waals surface area contributed by atoms with Gasteiger partial charge in [0.2, 0.25) is 0 Å². The Kier molecular flexibility index (Phi) is 8.72. The summed E-state index contributed by atoms with van der Waals surface area (Å²) in [5.74, 6) is 0. The van der Waals surface area contributed by atoms with Crippen LogP contribution in [0, 0.1) is 0 Å². The highest BCUT2D eigenvalue weighted by Crippen LogP contribution is 2.44. The largest absolute Gasteiger partial charge is 0.403 e. The van der Waals surface area contributed by atoms with Gasteiger partial charge in [0.25, 0.3) is 0 Å². The number of hydrogen-bond acceptors (Lipinski definition) is 1. The highest BCUT2D eigenvalue weighted by Gasteiger charge is 2.47. The smallest absolute Gasteiger partial charge is 0.163 e. The van der Waals surface area contributed by atoms with Crippen molar-refractivity contribution in [3.05, 3.63) is 12.3 Å². The van der Waals surface area contributed by atoms with Gasteiger partial charge < -0.3 is 4.57 Å². The molecule has 0 saturated carbocycles. The van der Waals surface area contributed by atoms with Crippen LogP contribution in [0.2, 0.25) is 16.6 Å². The first-order chi connectivity index (χ1) is 8.85. The molecule has 0 rings (SSSR count). The van der Waals surface area contributed by atoms with E-state index in [1.54, 1.807) is 0 Å². The zero-order chi connectivity index (χ0) is 15.1. The van der Waals surface area contributed by atoms with Crippen LogP contribution in [0.15, 0.2) is 12.3 Å². The van der Waals surface area contributed by atoms with E-state index in [0.29, 0.717) is 0 Å². The summed E-state index contributed by atoms with van der Waals surface area (Å²) in [5, 5.41) is 0. The van der Waals surface area contributed by atoms with Crippen LogP contribution >= 0.6 is 0 Å². The third-order valence-corrected chi connectivity index (χ3v) is 11.5. The predicted molar refractivity (Wildman–Crippen MR) is 92.1 cm³/mol. The zero-order valence-electron chi connectivity index (χ0n) is 14.7. The summed E-state index contributed by atoms with van der Waals surface area (Å²) in [5.41, 5.74) is 2.39. The molecule has 0 aliphatic carbocycles. The zero-order valence-corrected chi connectivity index (χ0v) is 15.7. The molecule has 19 heavy (non-hydrogen) atoms. The molecular formula is C17H37NSi. The van der Waals surface area contributed by atoms with Crippen LogP contribution in [0.1, 0.15) is 74.7 Å². The average molecular weight is 284 g/mol. The molecular weight excluding hydrogens is 246 g/mol. The Morgan fingerprint density at radius 1 is 0.895 bits per heavy atom. The Balaban J connectivity index is 5.50. The monoisotopic (exact) mass is 283 g/mol. The van der Waals surface area contributed by atoms with Crippen molar-refractivity contribution in [2.45, 2.75) is 91.3 Å². The van der Waals surface area contributed by atoms with E-state index in [-0.39, 0.29) is 0 Å². The molecule has 114 valence electrons. The van der Waals surface area contributed by atoms with Crippen molar-refractivity contribution in [2.75, 3.05) is 6.54 Å². The fraction of sp³-hybridized carbons (Fsp3) is 0.882. The third-order valence-electron chi connectivity index (χ3n) is 4.55. The molecule has 0 aromatic rings. The van der Waals surface area contributed by atoms with Crippen LogP contribution in [-0.2, 0) is 0 Å². The van der Waals surface area contributed by atoms with Gasteiger partial charge in [-0.05, 0) is 35.7 Å². The maximum Gasteiger partial charge on any atom is 0.163 e. The molecule has 0 unspecified atom stereocenters. The average Bonchev–Trinajstić information content (AvgIpc) is 2.31. The first-order valence-corrected chi connectivity index (χ1v) is 10.5. The van der Waals surface area contributed by atoms with Crippen molar-refractivity contribution in [1.29, 1.82) is 0 Å². The molecule has 0 aliphatic rings. The summed E-state index contributed by atoms with van der Waals surface area (Å²) in [7, 11) is -1.48. The topological polar surface area (TPSA) is 3.24 Å². The van der Waals surface area contributed by atoms with Crippen molar-refractivity contribution in [1.82, 2.24) is 4.57 Å². The number of hydrogen-bond donors (Lipinski definition) is 0. The second-order valence-electron chi connectivity index (χ2n) is 6.69. The van der Waals surface area contributed by atoms with Crippen LogP contribution in [0.5, 0.6) is 0 Å². The van der Waals surface area contributed by atoms with Gasteiger partial charge in [0, 0.05) is 6.54 Å². The lowest BCUT2D eigenvalue weighted by atomic mass is 10.3. The molecule has 0 amide bonds. The van der Waals surface area contributed by atoms with Crippen molar-refractivity contribution < 1.29 is 0 Å². The fourth-order valence-corrected chi connectivity index (χ4v) is 10.9. The van der Waals surface area contributed by atoms with Crippen LogP contribution < -0.4 is 0 Å². The Bertz CT molecular complexity index is 234. The first-order valence-electron chi connectivity index (χ1n) is 8.28. The van der Waals surface area contributed by atoms with E-state index >= 15 is 0 Å². The Morgan fingerprint density at radius 2 is 1.37 bits per heavy atom. The molecule has 0 aromatic heterocycles. The molecule has 0 fully saturated rings. The molecule has 0 atom stereocenters. The summed E-state index contributed by atoms with van der Waals surface area (Å²) < 4.78 is 2.79. The van der Waals surface area contributed by atoms with E-state index in [1.807, 2.05) is 0 Å². The summed E-state index contributed by atoms with van der Waals surface area (Å²) in [4.78, 5) is 0. The van der Waals surface area contributed by atoms with Gasteiger partial charge in [0.15, 0.2) is 8.24 Å². The van der Waals surface area contributed by atoms with Gasteiger partial charge in [-0.3, -0.25) is 0 Å². The van der Waals surface area contributed by atoms with Crippen LogP contribution in [-0.4, -0.2) is 19.3 Å². The van der Waals surface area contributed by atoms with Gasteiger partial charge in [-0.25, -0.2) is 0 Å². The van der Waals surface area contributed by atoms with E-state index in [4.69, 9.17) is 0 Å². The van der Waals surface area contributed by atoms with Gasteiger partial charge in [0.1, 0.15) is 0 Å². The van der Waals surface area contributed by atoms with Gasteiger partial charge in [-0.2, -0.15) is 0 Å². The molecule has 0 heterocycles. The maximum absolute atomic E-state index is 2.79. The predicted octanol–water partition coefficient (Wildman–Crippen LogP) is 6.19. The van der Waals surface area contributed by atoms with Crippen molar-refractivity contribution in [2.24, 2.45) is 0 Å². The number of nitrogens with zero attached hydrogens (tertiary/aromatic N) is 1. The molecule has 0 bridgehead atoms. The summed E-state index contributed by atoms with van der Waals surface area (Å²) >= 11 is 0. The lowest BCUT2D eigenvalue weighted by Crippen LogP contribution is -2.58. The minimum atomic E-state index is -1.48. The van der Waals surface area contributed by atoms with Crippen LogP contribution in [0.3, 0.4) is 0 Å². The van der Waals surface area contributed by atoms with E-state index in [0.717, 1.165) is 23.0 Å². The Labute approximate surface area is 123 Å². The van der Waals surface area contributed by atoms with Gasteiger partial charge in [-0.15, -0.1) is 0 Å². The van der Waals surface area contributed by atoms with E-state index in [2.05, 4.69) is 72.2 Å². The molecule has 0 radical (unpaired) electrons. The Hall–Kier alpha value is -0.243. The summed E-state index contributed by atoms with van der Waals surface area (Å²) in [6, 6.07) is 0. The van der Waals surface area contributed by atoms with Crippen LogP contribution in [0.4, 0.5) is 0 Å². The normalized spacial score (nSPS) is 13.2. The quantitative estimate of drug-likeness (QED) is 0.456. The number of allylic oxidation sites excluding steroid dienone is 1. The Morgan fingerprint density at radius 3 is 1.68 bits per heavy atom. The molecule has 0 saturated heterocycles. The highest BCUT2D eigenvalue weighted by atomic mass is 28.3. The highest BCUT2D eigenvalue weighted by molar-refractivity contribution is 6.81. The molecule has 1 nitrogen and oxygen atoms in total.